The second-order valence-corrected chi connectivity index (χ2v) is 4.31. The van der Waals surface area contributed by atoms with Gasteiger partial charge < -0.3 is 0 Å². The van der Waals surface area contributed by atoms with Gasteiger partial charge in [-0.05, 0) is 41.7 Å². The first-order chi connectivity index (χ1) is 7.70. The molecule has 0 radical (unpaired) electrons. The molecule has 82 valence electrons. The van der Waals surface area contributed by atoms with Crippen molar-refractivity contribution in [2.24, 2.45) is 0 Å². The molecule has 2 heterocycles. The van der Waals surface area contributed by atoms with E-state index in [9.17, 15) is 0 Å². The molecule has 0 aromatic carbocycles. The van der Waals surface area contributed by atoms with Crippen molar-refractivity contribution in [3.05, 3.63) is 48.0 Å². The zero-order valence-corrected chi connectivity index (χ0v) is 9.94. The Morgan fingerprint density at radius 2 is 1.62 bits per heavy atom. The Hall–Kier alpha value is -1.70. The first-order valence-electron chi connectivity index (χ1n) is 5.55. The van der Waals surface area contributed by atoms with E-state index >= 15 is 0 Å². The van der Waals surface area contributed by atoms with Crippen LogP contribution < -0.4 is 0 Å². The molecule has 2 rings (SSSR count). The molecule has 0 bridgehead atoms. The molecule has 16 heavy (non-hydrogen) atoms. The molecule has 0 atom stereocenters. The maximum atomic E-state index is 4.22. The standard InChI is InChI=1S/C14H16N2/c1-10(2)12-4-6-16-9-14(12)13-5-7-15-8-11(13)3/h4-10H,1-3H3. The van der Waals surface area contributed by atoms with Gasteiger partial charge in [0.2, 0.25) is 0 Å². The molecule has 0 fully saturated rings. The van der Waals surface area contributed by atoms with Gasteiger partial charge in [-0.25, -0.2) is 0 Å². The topological polar surface area (TPSA) is 25.8 Å². The van der Waals surface area contributed by atoms with E-state index in [4.69, 9.17) is 0 Å². The van der Waals surface area contributed by atoms with E-state index in [0.717, 1.165) is 0 Å². The lowest BCUT2D eigenvalue weighted by atomic mass is 9.93. The van der Waals surface area contributed by atoms with Crippen LogP contribution in [0.1, 0.15) is 30.9 Å². The van der Waals surface area contributed by atoms with Crippen molar-refractivity contribution >= 4 is 0 Å². The molecule has 0 saturated heterocycles. The largest absolute Gasteiger partial charge is 0.264 e. The quantitative estimate of drug-likeness (QED) is 0.760. The molecule has 2 nitrogen and oxygen atoms in total. The number of hydrogen-bond acceptors (Lipinski definition) is 2. The first kappa shape index (κ1) is 10.8. The van der Waals surface area contributed by atoms with Crippen LogP contribution in [-0.2, 0) is 0 Å². The van der Waals surface area contributed by atoms with Gasteiger partial charge in [0.05, 0.1) is 0 Å². The molecule has 2 heteroatoms. The Balaban J connectivity index is 2.60. The van der Waals surface area contributed by atoms with E-state index in [1.807, 2.05) is 24.8 Å². The fraction of sp³-hybridized carbons (Fsp3) is 0.286. The lowest BCUT2D eigenvalue weighted by molar-refractivity contribution is 0.865. The molecule has 0 spiro atoms. The van der Waals surface area contributed by atoms with Gasteiger partial charge in [0.25, 0.3) is 0 Å². The summed E-state index contributed by atoms with van der Waals surface area (Å²) < 4.78 is 0. The van der Waals surface area contributed by atoms with Gasteiger partial charge in [-0.2, -0.15) is 0 Å². The molecular weight excluding hydrogens is 196 g/mol. The average Bonchev–Trinajstić information content (AvgIpc) is 2.29. The molecule has 0 unspecified atom stereocenters. The monoisotopic (exact) mass is 212 g/mol. The minimum Gasteiger partial charge on any atom is -0.264 e. The zero-order valence-electron chi connectivity index (χ0n) is 9.94. The molecular formula is C14H16N2. The van der Waals surface area contributed by atoms with Crippen molar-refractivity contribution in [1.82, 2.24) is 9.97 Å². The second-order valence-electron chi connectivity index (χ2n) is 4.31. The van der Waals surface area contributed by atoms with Crippen molar-refractivity contribution in [3.63, 3.8) is 0 Å². The van der Waals surface area contributed by atoms with Gasteiger partial charge in [0, 0.05) is 30.4 Å². The Labute approximate surface area is 96.4 Å². The summed E-state index contributed by atoms with van der Waals surface area (Å²) in [5, 5.41) is 0. The number of aromatic nitrogens is 2. The lowest BCUT2D eigenvalue weighted by Crippen LogP contribution is -1.95. The third kappa shape index (κ3) is 1.96. The van der Waals surface area contributed by atoms with Gasteiger partial charge in [0.15, 0.2) is 0 Å². The van der Waals surface area contributed by atoms with Crippen molar-refractivity contribution in [2.75, 3.05) is 0 Å². The van der Waals surface area contributed by atoms with Crippen molar-refractivity contribution in [3.8, 4) is 11.1 Å². The van der Waals surface area contributed by atoms with Crippen LogP contribution in [0.15, 0.2) is 36.9 Å². The van der Waals surface area contributed by atoms with Crippen LogP contribution in [0.4, 0.5) is 0 Å². The summed E-state index contributed by atoms with van der Waals surface area (Å²) in [5.74, 6) is 0.505. The van der Waals surface area contributed by atoms with Crippen LogP contribution in [-0.4, -0.2) is 9.97 Å². The third-order valence-electron chi connectivity index (χ3n) is 2.79. The van der Waals surface area contributed by atoms with Crippen molar-refractivity contribution in [2.45, 2.75) is 26.7 Å². The molecule has 2 aromatic heterocycles. The highest BCUT2D eigenvalue weighted by molar-refractivity contribution is 5.69. The van der Waals surface area contributed by atoms with Crippen LogP contribution in [0.25, 0.3) is 11.1 Å². The molecule has 0 saturated carbocycles. The summed E-state index contributed by atoms with van der Waals surface area (Å²) in [6, 6.07) is 4.15. The Kier molecular flexibility index (Phi) is 3.00. The van der Waals surface area contributed by atoms with E-state index in [1.165, 1.54) is 22.3 Å². The summed E-state index contributed by atoms with van der Waals surface area (Å²) in [7, 11) is 0. The van der Waals surface area contributed by atoms with Gasteiger partial charge in [-0.1, -0.05) is 13.8 Å². The molecule has 0 amide bonds. The van der Waals surface area contributed by atoms with Crippen LogP contribution in [0, 0.1) is 6.92 Å². The summed E-state index contributed by atoms with van der Waals surface area (Å²) in [4.78, 5) is 8.35. The van der Waals surface area contributed by atoms with Crippen LogP contribution >= 0.6 is 0 Å². The van der Waals surface area contributed by atoms with Crippen molar-refractivity contribution < 1.29 is 0 Å². The SMILES string of the molecule is Cc1cnccc1-c1cnccc1C(C)C. The van der Waals surface area contributed by atoms with E-state index in [0.29, 0.717) is 5.92 Å². The normalized spacial score (nSPS) is 10.8. The predicted molar refractivity (Wildman–Crippen MR) is 66.3 cm³/mol. The molecule has 0 N–H and O–H groups in total. The number of rotatable bonds is 2. The smallest absolute Gasteiger partial charge is 0.0349 e. The molecule has 0 aliphatic heterocycles. The van der Waals surface area contributed by atoms with Crippen molar-refractivity contribution in [1.29, 1.82) is 0 Å². The van der Waals surface area contributed by atoms with E-state index in [1.54, 1.807) is 0 Å². The molecule has 2 aromatic rings. The highest BCUT2D eigenvalue weighted by Crippen LogP contribution is 2.29. The number of pyridine rings is 2. The molecule has 0 aliphatic rings. The van der Waals surface area contributed by atoms with E-state index < -0.39 is 0 Å². The van der Waals surface area contributed by atoms with Gasteiger partial charge >= 0.3 is 0 Å². The zero-order chi connectivity index (χ0) is 11.5. The van der Waals surface area contributed by atoms with Gasteiger partial charge in [0.1, 0.15) is 0 Å². The summed E-state index contributed by atoms with van der Waals surface area (Å²) in [6.07, 6.45) is 7.53. The number of hydrogen-bond donors (Lipinski definition) is 0. The van der Waals surface area contributed by atoms with E-state index in [2.05, 4.69) is 42.9 Å². The first-order valence-corrected chi connectivity index (χ1v) is 5.55. The second kappa shape index (κ2) is 4.44. The summed E-state index contributed by atoms with van der Waals surface area (Å²) in [5.41, 5.74) is 4.98. The van der Waals surface area contributed by atoms with Gasteiger partial charge in [-0.15, -0.1) is 0 Å². The maximum absolute atomic E-state index is 4.22. The van der Waals surface area contributed by atoms with E-state index in [-0.39, 0.29) is 0 Å². The Bertz CT molecular complexity index is 490. The minimum absolute atomic E-state index is 0.505. The maximum Gasteiger partial charge on any atom is 0.0349 e. The van der Waals surface area contributed by atoms with Gasteiger partial charge in [-0.3, -0.25) is 9.97 Å². The lowest BCUT2D eigenvalue weighted by Gasteiger charge is -2.13. The highest BCUT2D eigenvalue weighted by Gasteiger charge is 2.09. The third-order valence-corrected chi connectivity index (χ3v) is 2.79. The summed E-state index contributed by atoms with van der Waals surface area (Å²) >= 11 is 0. The Morgan fingerprint density at radius 3 is 2.31 bits per heavy atom. The number of aryl methyl sites for hydroxylation is 1. The fourth-order valence-electron chi connectivity index (χ4n) is 1.91. The minimum atomic E-state index is 0.505. The highest BCUT2D eigenvalue weighted by atomic mass is 14.6. The van der Waals surface area contributed by atoms with Crippen LogP contribution in [0.2, 0.25) is 0 Å². The number of nitrogens with zero attached hydrogens (tertiary/aromatic N) is 2. The average molecular weight is 212 g/mol. The Morgan fingerprint density at radius 1 is 0.938 bits per heavy atom. The van der Waals surface area contributed by atoms with Crippen LogP contribution in [0.3, 0.4) is 0 Å². The van der Waals surface area contributed by atoms with Crippen LogP contribution in [0.5, 0.6) is 0 Å². The molecule has 0 aliphatic carbocycles. The predicted octanol–water partition coefficient (Wildman–Crippen LogP) is 3.58. The summed E-state index contributed by atoms with van der Waals surface area (Å²) in [6.45, 7) is 6.49. The fourth-order valence-corrected chi connectivity index (χ4v) is 1.91.